The largest absolute Gasteiger partial charge is 0.375 e. The molecule has 2 fully saturated rings. The molecule has 0 saturated carbocycles. The van der Waals surface area contributed by atoms with Gasteiger partial charge in [-0.2, -0.15) is 0 Å². The van der Waals surface area contributed by atoms with Crippen molar-refractivity contribution in [1.82, 2.24) is 73.5 Å². The van der Waals surface area contributed by atoms with Gasteiger partial charge in [-0.05, 0) is 415 Å². The summed E-state index contributed by atoms with van der Waals surface area (Å²) in [6, 6.07) is 13.1. The lowest BCUT2D eigenvalue weighted by Crippen LogP contribution is -2.43. The highest BCUT2D eigenvalue weighted by atomic mass is 15.3. The van der Waals surface area contributed by atoms with Crippen molar-refractivity contribution in [1.29, 1.82) is 0 Å². The van der Waals surface area contributed by atoms with Crippen LogP contribution in [0.25, 0.3) is 0 Å². The molecule has 0 aromatic heterocycles. The molecule has 0 aromatic carbocycles. The molecule has 0 bridgehead atoms. The lowest BCUT2D eigenvalue weighted by Gasteiger charge is -2.36. The van der Waals surface area contributed by atoms with Crippen LogP contribution in [-0.4, -0.2) is 319 Å². The maximum Gasteiger partial charge on any atom is 0.0303 e. The van der Waals surface area contributed by atoms with Crippen molar-refractivity contribution in [2.24, 2.45) is 53.3 Å². The van der Waals surface area contributed by atoms with E-state index < -0.39 is 0 Å². The molecule has 11 aliphatic heterocycles. The van der Waals surface area contributed by atoms with Crippen LogP contribution < -0.4 is 0 Å². The van der Waals surface area contributed by atoms with Gasteiger partial charge < -0.3 is 29.4 Å². The average Bonchev–Trinajstić information content (AvgIpc) is 1.80. The van der Waals surface area contributed by atoms with Crippen LogP contribution in [0.5, 0.6) is 0 Å². The fraction of sp³-hybridized carbons (Fsp3) is 0.859. The van der Waals surface area contributed by atoms with Gasteiger partial charge in [0.2, 0.25) is 0 Å². The van der Waals surface area contributed by atoms with Crippen LogP contribution in [0.1, 0.15) is 420 Å². The third kappa shape index (κ3) is 58.0. The molecule has 0 amide bonds. The number of allylic oxidation sites excluding steroid dienone is 6. The highest BCUT2D eigenvalue weighted by Gasteiger charge is 2.31. The van der Waals surface area contributed by atoms with Gasteiger partial charge in [-0.25, -0.2) is 0 Å². The molecule has 15 nitrogen and oxygen atoms in total. The summed E-state index contributed by atoms with van der Waals surface area (Å²) in [5, 5.41) is 0. The van der Waals surface area contributed by atoms with Crippen LogP contribution in [0.15, 0.2) is 110 Å². The van der Waals surface area contributed by atoms with Gasteiger partial charge in [0.25, 0.3) is 0 Å². The first-order valence-corrected chi connectivity index (χ1v) is 60.6. The first-order valence-electron chi connectivity index (χ1n) is 60.6. The van der Waals surface area contributed by atoms with Gasteiger partial charge in [0.15, 0.2) is 0 Å². The van der Waals surface area contributed by atoms with E-state index in [1.165, 1.54) is 207 Å². The standard InChI is InChI=1S/2C12H23N.C12H25N.4C12H23N.C11H24N2.3C11H22N2/c2*1-10(2)12-6-5-8-13(9-7-12)11(3)4;5*1-10(2)12-8-6-5-7-9-13(12)11(3)4;4*1-10(2)12-6-5-7-13(9-8-12)11(3)4/h5,8,10-12H,6-7,9H2,1-4H3;5-6,10-12H,7-9H2,1-4H3;10-12H,5-9H2,1-4H3;8,10-11H,5-7,9H2,1-4H3;6,8,10-12H,5,7,9H2,1-4H3;5,7,10-12H,6,8-9H2,1-4H3;5-6,10-12H,7-9H2,1-4H3;10-11H,5-9H2,1-4H3;8-11H,5-7H2,1-4H3;2*5-6,10-11H,7-9H2,1-4H3. The number of likely N-dealkylation sites (tertiary alicyclic amines) is 1. The molecule has 0 aromatic rings. The Kier molecular flexibility index (Phi) is 74.2. The number of hydrogen-bond acceptors (Lipinski definition) is 15. The zero-order valence-electron chi connectivity index (χ0n) is 104. The van der Waals surface area contributed by atoms with E-state index in [0.717, 1.165) is 111 Å². The van der Waals surface area contributed by atoms with E-state index in [2.05, 4.69) is 482 Å². The summed E-state index contributed by atoms with van der Waals surface area (Å²) in [5.41, 5.74) is 1.56. The van der Waals surface area contributed by atoms with Crippen molar-refractivity contribution >= 4 is 0 Å². The maximum atomic E-state index is 2.71. The SMILES string of the molecule is CC(C)C1=CCCCCN1C(C)C.CC(C)C1C=CCCCN1C(C)C.CC(C)C1C=CCN(C(C)C)CC1.CC(C)C1CC=CCCN1C(C)C.CC(C)C1CC=CN(C(C)C)CC1.CC(C)C1CCC=CCN1C(C)C.CC(C)C1CCCCCN1C(C)C.CC(C)N1C=CCN(C(C)C)CC1.CC(C)N1C=CCN(C(C)C)CC1.CC(C)N1C=CN(C(C)C)CCC1.CC(C)N1CCCN(C(C)C)CC1. The summed E-state index contributed by atoms with van der Waals surface area (Å²) in [4.78, 5) is 37.9. The van der Waals surface area contributed by atoms with Crippen LogP contribution in [-0.2, 0) is 0 Å². The molecule has 2 saturated heterocycles. The second-order valence-electron chi connectivity index (χ2n) is 50.5. The average molecular weight is 2000 g/mol. The van der Waals surface area contributed by atoms with E-state index >= 15 is 0 Å². The molecule has 0 N–H and O–H groups in total. The Morgan fingerprint density at radius 2 is 0.636 bits per heavy atom. The summed E-state index contributed by atoms with van der Waals surface area (Å²) >= 11 is 0. The molecule has 0 spiro atoms. The maximum absolute atomic E-state index is 2.71. The van der Waals surface area contributed by atoms with Crippen LogP contribution in [0.4, 0.5) is 0 Å². The molecule has 11 aliphatic rings. The molecular formula is C128H253N15. The molecule has 11 rings (SSSR count). The minimum Gasteiger partial charge on any atom is -0.375 e. The van der Waals surface area contributed by atoms with Gasteiger partial charge in [-0.15, -0.1) is 0 Å². The van der Waals surface area contributed by atoms with E-state index in [1.54, 1.807) is 5.70 Å². The topological polar surface area (TPSA) is 48.6 Å². The fourth-order valence-electron chi connectivity index (χ4n) is 21.7. The normalized spacial score (nSPS) is 23.0. The van der Waals surface area contributed by atoms with Crippen LogP contribution in [0.2, 0.25) is 0 Å². The third-order valence-corrected chi connectivity index (χ3v) is 32.0. The van der Waals surface area contributed by atoms with Gasteiger partial charge in [-0.1, -0.05) is 183 Å². The summed E-state index contributed by atoms with van der Waals surface area (Å²) in [5.74, 6) is 7.09. The third-order valence-electron chi connectivity index (χ3n) is 32.0. The second-order valence-corrected chi connectivity index (χ2v) is 50.5. The molecule has 6 atom stereocenters. The van der Waals surface area contributed by atoms with E-state index in [1.807, 2.05) is 0 Å². The first kappa shape index (κ1) is 137. The molecule has 6 unspecified atom stereocenters. The quantitative estimate of drug-likeness (QED) is 0.0967. The predicted octanol–water partition coefficient (Wildman–Crippen LogP) is 30.1. The Bertz CT molecular complexity index is 3040. The smallest absolute Gasteiger partial charge is 0.0303 e. The van der Waals surface area contributed by atoms with E-state index in [4.69, 9.17) is 0 Å². The minimum absolute atomic E-state index is 0.628. The van der Waals surface area contributed by atoms with Crippen molar-refractivity contribution in [3.8, 4) is 0 Å². The summed E-state index contributed by atoms with van der Waals surface area (Å²) in [6.45, 7) is 125. The van der Waals surface area contributed by atoms with E-state index in [0.29, 0.717) is 96.5 Å². The molecule has 143 heavy (non-hydrogen) atoms. The van der Waals surface area contributed by atoms with Crippen LogP contribution in [0.3, 0.4) is 0 Å². The van der Waals surface area contributed by atoms with Gasteiger partial charge in [0.1, 0.15) is 0 Å². The number of rotatable bonds is 22. The Hall–Kier alpha value is -3.90. The zero-order valence-corrected chi connectivity index (χ0v) is 104. The highest BCUT2D eigenvalue weighted by Crippen LogP contribution is 2.30. The molecule has 0 radical (unpaired) electrons. The van der Waals surface area contributed by atoms with Gasteiger partial charge >= 0.3 is 0 Å². The van der Waals surface area contributed by atoms with Gasteiger partial charge in [0, 0.05) is 231 Å². The number of nitrogens with zero attached hydrogens (tertiary/aromatic N) is 15. The van der Waals surface area contributed by atoms with Gasteiger partial charge in [0.05, 0.1) is 0 Å². The molecule has 840 valence electrons. The van der Waals surface area contributed by atoms with Crippen molar-refractivity contribution in [2.45, 2.75) is 535 Å². The molecular weight excluding hydrogens is 1750 g/mol. The monoisotopic (exact) mass is 2000 g/mol. The first-order chi connectivity index (χ1) is 67.3. The van der Waals surface area contributed by atoms with Crippen molar-refractivity contribution in [3.05, 3.63) is 110 Å². The zero-order chi connectivity index (χ0) is 108. The Balaban J connectivity index is 0.000000786. The van der Waals surface area contributed by atoms with Crippen molar-refractivity contribution in [2.75, 3.05) is 131 Å². The summed E-state index contributed by atoms with van der Waals surface area (Å²) < 4.78 is 0. The lowest BCUT2D eigenvalue weighted by molar-refractivity contribution is 0.121. The van der Waals surface area contributed by atoms with Crippen molar-refractivity contribution in [3.63, 3.8) is 0 Å². The second kappa shape index (κ2) is 77.4. The summed E-state index contributed by atoms with van der Waals surface area (Å²) in [7, 11) is 0. The highest BCUT2D eigenvalue weighted by molar-refractivity contribution is 5.08. The van der Waals surface area contributed by atoms with Crippen molar-refractivity contribution < 1.29 is 0 Å². The van der Waals surface area contributed by atoms with E-state index in [-0.39, 0.29) is 0 Å². The molecule has 0 aliphatic carbocycles. The molecule has 11 heterocycles. The van der Waals surface area contributed by atoms with E-state index in [9.17, 15) is 0 Å². The molecule has 15 heteroatoms. The van der Waals surface area contributed by atoms with Crippen LogP contribution in [0, 0.1) is 53.3 Å². The number of hydrogen-bond donors (Lipinski definition) is 0. The predicted molar refractivity (Wildman–Crippen MR) is 642 cm³/mol. The fourth-order valence-corrected chi connectivity index (χ4v) is 21.7. The Labute approximate surface area is 896 Å². The van der Waals surface area contributed by atoms with Gasteiger partial charge in [-0.3, -0.25) is 44.1 Å². The van der Waals surface area contributed by atoms with Crippen LogP contribution >= 0.6 is 0 Å². The minimum atomic E-state index is 0.628. The summed E-state index contributed by atoms with van der Waals surface area (Å²) in [6.07, 6.45) is 63.2. The Morgan fingerprint density at radius 1 is 0.210 bits per heavy atom. The Morgan fingerprint density at radius 3 is 1.08 bits per heavy atom. The lowest BCUT2D eigenvalue weighted by atomic mass is 9.90.